The average molecular weight is 221 g/mol. The molecule has 16 heavy (non-hydrogen) atoms. The molecule has 2 amide bonds. The molecule has 1 rings (SSSR count). The van der Waals surface area contributed by atoms with Crippen LogP contribution in [0.25, 0.3) is 0 Å². The summed E-state index contributed by atoms with van der Waals surface area (Å²) in [5, 5.41) is 2.49. The molecule has 5 nitrogen and oxygen atoms in total. The first-order chi connectivity index (χ1) is 7.52. The Balaban J connectivity index is 2.85. The van der Waals surface area contributed by atoms with Gasteiger partial charge in [-0.1, -0.05) is 30.3 Å². The van der Waals surface area contributed by atoms with Crippen molar-refractivity contribution in [1.29, 1.82) is 0 Å². The lowest BCUT2D eigenvalue weighted by Gasteiger charge is -2.17. The maximum atomic E-state index is 11.4. The number of carbonyl (C=O) groups excluding carboxylic acids is 2. The van der Waals surface area contributed by atoms with Crippen LogP contribution in [0.2, 0.25) is 0 Å². The molecule has 0 aliphatic carbocycles. The van der Waals surface area contributed by atoms with Crippen molar-refractivity contribution in [3.8, 4) is 0 Å². The Labute approximate surface area is 93.8 Å². The number of carbonyl (C=O) groups is 2. The Kier molecular flexibility index (Phi) is 4.02. The molecule has 5 N–H and O–H groups in total. The maximum Gasteiger partial charge on any atom is 0.244 e. The molecule has 86 valence electrons. The molecule has 0 saturated heterocycles. The highest BCUT2D eigenvalue weighted by molar-refractivity contribution is 5.89. The summed E-state index contributed by atoms with van der Waals surface area (Å²) in [4.78, 5) is 22.6. The third kappa shape index (κ3) is 3.06. The van der Waals surface area contributed by atoms with E-state index in [9.17, 15) is 9.59 Å². The predicted molar refractivity (Wildman–Crippen MR) is 60.2 cm³/mol. The molecular formula is C11H15N3O2. The summed E-state index contributed by atoms with van der Waals surface area (Å²) in [5.41, 5.74) is 11.3. The van der Waals surface area contributed by atoms with Crippen molar-refractivity contribution in [2.75, 3.05) is 0 Å². The van der Waals surface area contributed by atoms with E-state index in [1.807, 2.05) is 6.07 Å². The zero-order valence-corrected chi connectivity index (χ0v) is 9.01. The van der Waals surface area contributed by atoms with Crippen molar-refractivity contribution in [1.82, 2.24) is 5.32 Å². The molecule has 0 aromatic heterocycles. The zero-order chi connectivity index (χ0) is 12.1. The minimum Gasteiger partial charge on any atom is -0.368 e. The molecular weight excluding hydrogens is 206 g/mol. The fraction of sp³-hybridized carbons (Fsp3) is 0.273. The van der Waals surface area contributed by atoms with Gasteiger partial charge in [0.2, 0.25) is 11.8 Å². The van der Waals surface area contributed by atoms with E-state index in [0.29, 0.717) is 5.56 Å². The summed E-state index contributed by atoms with van der Waals surface area (Å²) >= 11 is 0. The molecule has 0 aliphatic heterocycles. The van der Waals surface area contributed by atoms with Gasteiger partial charge in [0.05, 0.1) is 6.04 Å². The van der Waals surface area contributed by atoms with Gasteiger partial charge in [0, 0.05) is 0 Å². The van der Waals surface area contributed by atoms with Crippen molar-refractivity contribution < 1.29 is 9.59 Å². The third-order valence-electron chi connectivity index (χ3n) is 2.12. The molecule has 5 heteroatoms. The molecule has 0 radical (unpaired) electrons. The normalized spacial score (nSPS) is 13.9. The first-order valence-electron chi connectivity index (χ1n) is 4.92. The van der Waals surface area contributed by atoms with Crippen molar-refractivity contribution in [3.63, 3.8) is 0 Å². The highest BCUT2D eigenvalue weighted by Crippen LogP contribution is 2.11. The molecule has 0 heterocycles. The molecule has 1 aromatic rings. The number of rotatable bonds is 4. The van der Waals surface area contributed by atoms with Gasteiger partial charge in [-0.25, -0.2) is 0 Å². The van der Waals surface area contributed by atoms with Crippen LogP contribution in [0.1, 0.15) is 18.5 Å². The van der Waals surface area contributed by atoms with Crippen LogP contribution in [0.3, 0.4) is 0 Å². The van der Waals surface area contributed by atoms with Crippen molar-refractivity contribution in [2.24, 2.45) is 11.5 Å². The molecule has 1 aromatic carbocycles. The maximum absolute atomic E-state index is 11.4. The van der Waals surface area contributed by atoms with Gasteiger partial charge in [0.25, 0.3) is 0 Å². The van der Waals surface area contributed by atoms with Gasteiger partial charge >= 0.3 is 0 Å². The van der Waals surface area contributed by atoms with Gasteiger partial charge in [-0.3, -0.25) is 9.59 Å². The molecule has 0 aliphatic rings. The van der Waals surface area contributed by atoms with Crippen LogP contribution in [0.5, 0.6) is 0 Å². The Morgan fingerprint density at radius 1 is 1.25 bits per heavy atom. The summed E-state index contributed by atoms with van der Waals surface area (Å²) in [7, 11) is 0. The van der Waals surface area contributed by atoms with E-state index < -0.39 is 23.9 Å². The van der Waals surface area contributed by atoms with Crippen LogP contribution in [-0.4, -0.2) is 17.9 Å². The topological polar surface area (TPSA) is 98.2 Å². The highest BCUT2D eigenvalue weighted by atomic mass is 16.2. The second-order valence-corrected chi connectivity index (χ2v) is 3.54. The summed E-state index contributed by atoms with van der Waals surface area (Å²) in [5.74, 6) is -1.02. The molecule has 1 unspecified atom stereocenters. The first-order valence-corrected chi connectivity index (χ1v) is 4.92. The van der Waals surface area contributed by atoms with E-state index in [1.165, 1.54) is 0 Å². The van der Waals surface area contributed by atoms with E-state index in [4.69, 9.17) is 11.5 Å². The number of nitrogens with one attached hydrogen (secondary N) is 1. The fourth-order valence-corrected chi connectivity index (χ4v) is 1.24. The monoisotopic (exact) mass is 221 g/mol. The Hall–Kier alpha value is -1.88. The van der Waals surface area contributed by atoms with E-state index in [0.717, 1.165) is 0 Å². The summed E-state index contributed by atoms with van der Waals surface area (Å²) in [6.45, 7) is 1.54. The van der Waals surface area contributed by atoms with Crippen LogP contribution in [-0.2, 0) is 9.59 Å². The third-order valence-corrected chi connectivity index (χ3v) is 2.12. The van der Waals surface area contributed by atoms with Crippen LogP contribution < -0.4 is 16.8 Å². The summed E-state index contributed by atoms with van der Waals surface area (Å²) in [6.07, 6.45) is 0. The number of hydrogen-bond acceptors (Lipinski definition) is 3. The molecule has 2 atom stereocenters. The highest BCUT2D eigenvalue weighted by Gasteiger charge is 2.21. The van der Waals surface area contributed by atoms with Gasteiger partial charge in [0.1, 0.15) is 6.04 Å². The van der Waals surface area contributed by atoms with Gasteiger partial charge < -0.3 is 16.8 Å². The minimum atomic E-state index is -0.834. The minimum absolute atomic E-state index is 0.410. The predicted octanol–water partition coefficient (Wildman–Crippen LogP) is -0.324. The van der Waals surface area contributed by atoms with E-state index in [-0.39, 0.29) is 0 Å². The molecule has 0 bridgehead atoms. The smallest absolute Gasteiger partial charge is 0.244 e. The number of benzene rings is 1. The van der Waals surface area contributed by atoms with Crippen LogP contribution >= 0.6 is 0 Å². The van der Waals surface area contributed by atoms with Gasteiger partial charge in [0.15, 0.2) is 0 Å². The summed E-state index contributed by atoms with van der Waals surface area (Å²) < 4.78 is 0. The number of primary amides is 1. The number of amides is 2. The van der Waals surface area contributed by atoms with Crippen molar-refractivity contribution >= 4 is 11.8 Å². The van der Waals surface area contributed by atoms with Crippen LogP contribution in [0, 0.1) is 0 Å². The van der Waals surface area contributed by atoms with E-state index >= 15 is 0 Å². The van der Waals surface area contributed by atoms with Gasteiger partial charge in [-0.2, -0.15) is 0 Å². The average Bonchev–Trinajstić information content (AvgIpc) is 2.26. The first kappa shape index (κ1) is 12.2. The van der Waals surface area contributed by atoms with Crippen molar-refractivity contribution in [3.05, 3.63) is 35.9 Å². The lowest BCUT2D eigenvalue weighted by Crippen LogP contribution is -2.44. The fourth-order valence-electron chi connectivity index (χ4n) is 1.24. The SMILES string of the molecule is C[C@H](N)C(=O)NC(C(N)=O)c1ccccc1. The van der Waals surface area contributed by atoms with E-state index in [1.54, 1.807) is 31.2 Å². The Morgan fingerprint density at radius 2 is 1.81 bits per heavy atom. The molecule has 0 spiro atoms. The molecule has 0 saturated carbocycles. The summed E-state index contributed by atoms with van der Waals surface area (Å²) in [6, 6.07) is 7.28. The standard InChI is InChI=1S/C11H15N3O2/c1-7(12)11(16)14-9(10(13)15)8-5-3-2-4-6-8/h2-7,9H,12H2,1H3,(H2,13,15)(H,14,16)/t7-,9?/m0/s1. The van der Waals surface area contributed by atoms with Crippen LogP contribution in [0.4, 0.5) is 0 Å². The second kappa shape index (κ2) is 5.27. The van der Waals surface area contributed by atoms with Gasteiger partial charge in [-0.15, -0.1) is 0 Å². The van der Waals surface area contributed by atoms with Gasteiger partial charge in [-0.05, 0) is 12.5 Å². The Morgan fingerprint density at radius 3 is 2.25 bits per heavy atom. The Bertz CT molecular complexity index is 376. The largest absolute Gasteiger partial charge is 0.368 e. The lowest BCUT2D eigenvalue weighted by atomic mass is 10.1. The van der Waals surface area contributed by atoms with Crippen molar-refractivity contribution in [2.45, 2.75) is 19.0 Å². The van der Waals surface area contributed by atoms with E-state index in [2.05, 4.69) is 5.32 Å². The lowest BCUT2D eigenvalue weighted by molar-refractivity contribution is -0.128. The van der Waals surface area contributed by atoms with Crippen LogP contribution in [0.15, 0.2) is 30.3 Å². The zero-order valence-electron chi connectivity index (χ0n) is 9.01. The number of hydrogen-bond donors (Lipinski definition) is 3. The second-order valence-electron chi connectivity index (χ2n) is 3.54. The number of nitrogens with two attached hydrogens (primary N) is 2. The molecule has 0 fully saturated rings. The quantitative estimate of drug-likeness (QED) is 0.649.